The van der Waals surface area contributed by atoms with E-state index in [9.17, 15) is 15.0 Å². The fraction of sp³-hybridized carbons (Fsp3) is 0.821. The highest BCUT2D eigenvalue weighted by atomic mass is 16.3. The Labute approximate surface area is 268 Å². The minimum absolute atomic E-state index is 0.0807. The van der Waals surface area contributed by atoms with Crippen molar-refractivity contribution in [3.05, 3.63) is 36.5 Å². The molecule has 2 unspecified atom stereocenters. The molecular weight excluding hydrogens is 530 g/mol. The summed E-state index contributed by atoms with van der Waals surface area (Å²) in [4.78, 5) is 12.3. The Morgan fingerprint density at radius 2 is 0.907 bits per heavy atom. The molecule has 0 aliphatic heterocycles. The van der Waals surface area contributed by atoms with Crippen LogP contribution in [0.25, 0.3) is 0 Å². The average molecular weight is 604 g/mol. The standard InChI is InChI=1S/C39H73NO3/c1-3-5-7-9-11-13-15-17-19-21-22-24-26-28-30-32-34-38(42)37(36-41)40-39(43)35-33-31-29-27-25-23-20-18-16-14-12-10-8-6-4-2/h14,16,24,26,32,34,37-38,41-42H,3-13,15,17-23,25,27-31,33,35-36H2,1-2H3,(H,40,43)/b16-14-,26-24+,34-32+. The zero-order valence-electron chi connectivity index (χ0n) is 28.7. The van der Waals surface area contributed by atoms with Gasteiger partial charge in [-0.3, -0.25) is 4.79 Å². The molecule has 3 N–H and O–H groups in total. The molecule has 2 atom stereocenters. The third-order valence-electron chi connectivity index (χ3n) is 8.35. The summed E-state index contributed by atoms with van der Waals surface area (Å²) in [5.41, 5.74) is 0. The highest BCUT2D eigenvalue weighted by Gasteiger charge is 2.17. The topological polar surface area (TPSA) is 69.6 Å². The number of nitrogens with one attached hydrogen (secondary N) is 1. The normalized spacial score (nSPS) is 13.5. The lowest BCUT2D eigenvalue weighted by molar-refractivity contribution is -0.123. The van der Waals surface area contributed by atoms with Gasteiger partial charge in [0.15, 0.2) is 0 Å². The van der Waals surface area contributed by atoms with Gasteiger partial charge in [0.1, 0.15) is 0 Å². The van der Waals surface area contributed by atoms with Gasteiger partial charge >= 0.3 is 0 Å². The van der Waals surface area contributed by atoms with Crippen LogP contribution in [0.15, 0.2) is 36.5 Å². The first-order chi connectivity index (χ1) is 21.2. The van der Waals surface area contributed by atoms with Crippen molar-refractivity contribution in [3.63, 3.8) is 0 Å². The second-order valence-corrected chi connectivity index (χ2v) is 12.6. The monoisotopic (exact) mass is 604 g/mol. The summed E-state index contributed by atoms with van der Waals surface area (Å²) in [6.45, 7) is 4.27. The van der Waals surface area contributed by atoms with Crippen molar-refractivity contribution in [2.75, 3.05) is 6.61 Å². The van der Waals surface area contributed by atoms with E-state index in [4.69, 9.17) is 0 Å². The molecule has 43 heavy (non-hydrogen) atoms. The van der Waals surface area contributed by atoms with E-state index in [1.807, 2.05) is 6.08 Å². The van der Waals surface area contributed by atoms with Crippen LogP contribution in [-0.4, -0.2) is 34.9 Å². The van der Waals surface area contributed by atoms with E-state index >= 15 is 0 Å². The molecule has 0 radical (unpaired) electrons. The minimum atomic E-state index is -0.861. The van der Waals surface area contributed by atoms with E-state index in [2.05, 4.69) is 43.5 Å². The van der Waals surface area contributed by atoms with Crippen molar-refractivity contribution >= 4 is 5.91 Å². The summed E-state index contributed by atoms with van der Waals surface area (Å²) < 4.78 is 0. The Kier molecular flexibility index (Phi) is 34.0. The van der Waals surface area contributed by atoms with Crippen LogP contribution in [0.5, 0.6) is 0 Å². The summed E-state index contributed by atoms with van der Waals surface area (Å²) >= 11 is 0. The number of carbonyl (C=O) groups is 1. The first-order valence-corrected chi connectivity index (χ1v) is 18.7. The second-order valence-electron chi connectivity index (χ2n) is 12.6. The number of aliphatic hydroxyl groups is 2. The largest absolute Gasteiger partial charge is 0.394 e. The van der Waals surface area contributed by atoms with Crippen molar-refractivity contribution in [1.29, 1.82) is 0 Å². The van der Waals surface area contributed by atoms with Gasteiger partial charge in [0.25, 0.3) is 0 Å². The predicted octanol–water partition coefficient (Wildman–Crippen LogP) is 11.1. The maximum atomic E-state index is 12.3. The molecule has 0 bridgehead atoms. The predicted molar refractivity (Wildman–Crippen MR) is 188 cm³/mol. The molecule has 0 aliphatic carbocycles. The van der Waals surface area contributed by atoms with Gasteiger partial charge in [-0.05, 0) is 57.8 Å². The maximum Gasteiger partial charge on any atom is 0.220 e. The summed E-state index contributed by atoms with van der Waals surface area (Å²) in [5.74, 6) is -0.0807. The van der Waals surface area contributed by atoms with Crippen molar-refractivity contribution in [1.82, 2.24) is 5.32 Å². The minimum Gasteiger partial charge on any atom is -0.394 e. The van der Waals surface area contributed by atoms with Gasteiger partial charge in [-0.1, -0.05) is 159 Å². The number of amides is 1. The SMILES string of the molecule is CCCCCC/C=C\CCCCCCCCCC(=O)NC(CO)C(O)/C=C/CC/C=C/CCCCCCCCCCCC. The molecule has 0 heterocycles. The fourth-order valence-corrected chi connectivity index (χ4v) is 5.42. The highest BCUT2D eigenvalue weighted by Crippen LogP contribution is 2.13. The molecule has 0 fully saturated rings. The van der Waals surface area contributed by atoms with Gasteiger partial charge in [0, 0.05) is 6.42 Å². The number of allylic oxidation sites excluding steroid dienone is 5. The number of aliphatic hydroxyl groups excluding tert-OH is 2. The molecule has 0 aromatic rings. The lowest BCUT2D eigenvalue weighted by atomic mass is 10.1. The molecule has 0 saturated carbocycles. The molecule has 4 nitrogen and oxygen atoms in total. The lowest BCUT2D eigenvalue weighted by Crippen LogP contribution is -2.45. The van der Waals surface area contributed by atoms with Crippen molar-refractivity contribution < 1.29 is 15.0 Å². The van der Waals surface area contributed by atoms with Crippen LogP contribution in [0.3, 0.4) is 0 Å². The van der Waals surface area contributed by atoms with Gasteiger partial charge in [-0.2, -0.15) is 0 Å². The third kappa shape index (κ3) is 31.8. The van der Waals surface area contributed by atoms with Crippen LogP contribution >= 0.6 is 0 Å². The number of carbonyl (C=O) groups excluding carboxylic acids is 1. The zero-order valence-corrected chi connectivity index (χ0v) is 28.7. The smallest absolute Gasteiger partial charge is 0.220 e. The maximum absolute atomic E-state index is 12.3. The first kappa shape index (κ1) is 41.6. The van der Waals surface area contributed by atoms with Crippen LogP contribution in [-0.2, 0) is 4.79 Å². The van der Waals surface area contributed by atoms with Gasteiger partial charge in [-0.25, -0.2) is 0 Å². The Morgan fingerprint density at radius 1 is 0.535 bits per heavy atom. The molecule has 0 saturated heterocycles. The van der Waals surface area contributed by atoms with Crippen molar-refractivity contribution in [2.24, 2.45) is 0 Å². The van der Waals surface area contributed by atoms with Crippen LogP contribution < -0.4 is 5.32 Å². The van der Waals surface area contributed by atoms with Gasteiger partial charge in [0.05, 0.1) is 18.8 Å². The Balaban J connectivity index is 3.68. The van der Waals surface area contributed by atoms with E-state index in [1.54, 1.807) is 6.08 Å². The second kappa shape index (κ2) is 35.1. The number of unbranched alkanes of at least 4 members (excludes halogenated alkanes) is 22. The summed E-state index contributed by atoms with van der Waals surface area (Å²) in [6.07, 6.45) is 45.1. The molecule has 4 heteroatoms. The highest BCUT2D eigenvalue weighted by molar-refractivity contribution is 5.76. The lowest BCUT2D eigenvalue weighted by Gasteiger charge is -2.19. The molecule has 0 aliphatic rings. The number of hydrogen-bond acceptors (Lipinski definition) is 3. The Morgan fingerprint density at radius 3 is 1.37 bits per heavy atom. The molecule has 0 aromatic heterocycles. The molecule has 0 rings (SSSR count). The van der Waals surface area contributed by atoms with E-state index in [1.165, 1.54) is 135 Å². The zero-order chi connectivity index (χ0) is 31.5. The molecule has 252 valence electrons. The van der Waals surface area contributed by atoms with Gasteiger partial charge < -0.3 is 15.5 Å². The molecular formula is C39H73NO3. The number of hydrogen-bond donors (Lipinski definition) is 3. The van der Waals surface area contributed by atoms with Crippen LogP contribution in [0.1, 0.15) is 187 Å². The Bertz CT molecular complexity index is 657. The van der Waals surface area contributed by atoms with Gasteiger partial charge in [0.2, 0.25) is 5.91 Å². The molecule has 1 amide bonds. The van der Waals surface area contributed by atoms with Crippen LogP contribution in [0.4, 0.5) is 0 Å². The van der Waals surface area contributed by atoms with Crippen molar-refractivity contribution in [3.8, 4) is 0 Å². The van der Waals surface area contributed by atoms with Crippen LogP contribution in [0.2, 0.25) is 0 Å². The Hall–Kier alpha value is -1.39. The molecule has 0 aromatic carbocycles. The van der Waals surface area contributed by atoms with E-state index in [0.717, 1.165) is 32.1 Å². The van der Waals surface area contributed by atoms with Crippen LogP contribution in [0, 0.1) is 0 Å². The van der Waals surface area contributed by atoms with E-state index < -0.39 is 12.1 Å². The third-order valence-corrected chi connectivity index (χ3v) is 8.35. The fourth-order valence-electron chi connectivity index (χ4n) is 5.42. The quantitative estimate of drug-likeness (QED) is 0.0516. The van der Waals surface area contributed by atoms with E-state index in [0.29, 0.717) is 6.42 Å². The summed E-state index contributed by atoms with van der Waals surface area (Å²) in [6, 6.07) is -0.638. The summed E-state index contributed by atoms with van der Waals surface area (Å²) in [7, 11) is 0. The van der Waals surface area contributed by atoms with Crippen molar-refractivity contribution in [2.45, 2.75) is 199 Å². The number of rotatable bonds is 33. The summed E-state index contributed by atoms with van der Waals surface area (Å²) in [5, 5.41) is 22.9. The van der Waals surface area contributed by atoms with E-state index in [-0.39, 0.29) is 12.5 Å². The molecule has 0 spiro atoms. The van der Waals surface area contributed by atoms with Gasteiger partial charge in [-0.15, -0.1) is 0 Å². The first-order valence-electron chi connectivity index (χ1n) is 18.7. The average Bonchev–Trinajstić information content (AvgIpc) is 3.01.